The summed E-state index contributed by atoms with van der Waals surface area (Å²) in [5.74, 6) is 0.483. The molecule has 1 atom stereocenters. The number of halogens is 2. The second kappa shape index (κ2) is 5.96. The van der Waals surface area contributed by atoms with E-state index >= 15 is 0 Å². The minimum Gasteiger partial charge on any atom is -0.314 e. The van der Waals surface area contributed by atoms with E-state index in [-0.39, 0.29) is 5.82 Å². The van der Waals surface area contributed by atoms with E-state index < -0.39 is 0 Å². The molecule has 1 saturated carbocycles. The number of rotatable bonds is 6. The van der Waals surface area contributed by atoms with Crippen LogP contribution in [0.3, 0.4) is 0 Å². The predicted molar refractivity (Wildman–Crippen MR) is 72.6 cm³/mol. The van der Waals surface area contributed by atoms with Crippen molar-refractivity contribution in [2.75, 3.05) is 6.54 Å². The van der Waals surface area contributed by atoms with Crippen LogP contribution < -0.4 is 5.32 Å². The molecule has 0 bridgehead atoms. The van der Waals surface area contributed by atoms with E-state index in [1.165, 1.54) is 18.9 Å². The molecule has 3 heteroatoms. The molecule has 1 unspecified atom stereocenters. The van der Waals surface area contributed by atoms with E-state index in [0.717, 1.165) is 31.0 Å². The van der Waals surface area contributed by atoms with Gasteiger partial charge in [0.25, 0.3) is 0 Å². The third-order valence-electron chi connectivity index (χ3n) is 3.27. The van der Waals surface area contributed by atoms with Crippen molar-refractivity contribution in [3.05, 3.63) is 34.1 Å². The molecule has 1 nitrogen and oxygen atoms in total. The van der Waals surface area contributed by atoms with Gasteiger partial charge in [0.15, 0.2) is 0 Å². The maximum absolute atomic E-state index is 13.3. The summed E-state index contributed by atoms with van der Waals surface area (Å²) < 4.78 is 13.9. The van der Waals surface area contributed by atoms with E-state index in [4.69, 9.17) is 0 Å². The molecule has 0 spiro atoms. The zero-order valence-corrected chi connectivity index (χ0v) is 11.8. The highest BCUT2D eigenvalue weighted by molar-refractivity contribution is 9.10. The third kappa shape index (κ3) is 4.07. The SMILES string of the molecule is CC(CCc1cccc(F)c1Br)CNC1CC1. The summed E-state index contributed by atoms with van der Waals surface area (Å²) in [6.07, 6.45) is 4.71. The molecule has 1 aliphatic carbocycles. The van der Waals surface area contributed by atoms with Crippen LogP contribution in [0, 0.1) is 11.7 Å². The Hall–Kier alpha value is -0.410. The zero-order chi connectivity index (χ0) is 12.3. The highest BCUT2D eigenvalue weighted by Gasteiger charge is 2.20. The summed E-state index contributed by atoms with van der Waals surface area (Å²) in [5, 5.41) is 3.53. The third-order valence-corrected chi connectivity index (χ3v) is 4.16. The summed E-state index contributed by atoms with van der Waals surface area (Å²) in [4.78, 5) is 0. The quantitative estimate of drug-likeness (QED) is 0.840. The number of benzene rings is 1. The lowest BCUT2D eigenvalue weighted by atomic mass is 10.0. The Morgan fingerprint density at radius 3 is 2.94 bits per heavy atom. The second-order valence-corrected chi connectivity index (χ2v) is 5.83. The van der Waals surface area contributed by atoms with Gasteiger partial charge >= 0.3 is 0 Å². The van der Waals surface area contributed by atoms with E-state index in [2.05, 4.69) is 28.2 Å². The molecule has 0 heterocycles. The van der Waals surface area contributed by atoms with Gasteiger partial charge in [-0.25, -0.2) is 4.39 Å². The van der Waals surface area contributed by atoms with Crippen LogP contribution in [0.25, 0.3) is 0 Å². The summed E-state index contributed by atoms with van der Waals surface area (Å²) in [7, 11) is 0. The van der Waals surface area contributed by atoms with Gasteiger partial charge in [0.1, 0.15) is 5.82 Å². The topological polar surface area (TPSA) is 12.0 Å². The molecule has 2 rings (SSSR count). The van der Waals surface area contributed by atoms with E-state index in [1.807, 2.05) is 6.07 Å². The van der Waals surface area contributed by atoms with Crippen LogP contribution in [0.15, 0.2) is 22.7 Å². The van der Waals surface area contributed by atoms with Gasteiger partial charge in [0, 0.05) is 6.04 Å². The Bertz CT molecular complexity index is 376. The molecule has 1 aliphatic rings. The van der Waals surface area contributed by atoms with Gasteiger partial charge in [0.05, 0.1) is 4.47 Å². The average molecular weight is 300 g/mol. The van der Waals surface area contributed by atoms with Gasteiger partial charge in [-0.3, -0.25) is 0 Å². The van der Waals surface area contributed by atoms with Crippen molar-refractivity contribution in [1.29, 1.82) is 0 Å². The summed E-state index contributed by atoms with van der Waals surface area (Å²) in [6.45, 7) is 3.33. The van der Waals surface area contributed by atoms with E-state index in [0.29, 0.717) is 10.4 Å². The smallest absolute Gasteiger partial charge is 0.137 e. The molecule has 0 amide bonds. The highest BCUT2D eigenvalue weighted by atomic mass is 79.9. The zero-order valence-electron chi connectivity index (χ0n) is 10.2. The summed E-state index contributed by atoms with van der Waals surface area (Å²) in [6, 6.07) is 6.04. The highest BCUT2D eigenvalue weighted by Crippen LogP contribution is 2.23. The van der Waals surface area contributed by atoms with Crippen molar-refractivity contribution in [3.8, 4) is 0 Å². The predicted octanol–water partition coefficient (Wildman–Crippen LogP) is 3.91. The summed E-state index contributed by atoms with van der Waals surface area (Å²) in [5.41, 5.74) is 1.07. The maximum Gasteiger partial charge on any atom is 0.137 e. The van der Waals surface area contributed by atoms with Gasteiger partial charge in [-0.05, 0) is 65.7 Å². The van der Waals surface area contributed by atoms with Crippen LogP contribution in [0.5, 0.6) is 0 Å². The van der Waals surface area contributed by atoms with Gasteiger partial charge in [-0.15, -0.1) is 0 Å². The van der Waals surface area contributed by atoms with E-state index in [9.17, 15) is 4.39 Å². The largest absolute Gasteiger partial charge is 0.314 e. The van der Waals surface area contributed by atoms with Crippen LogP contribution in [-0.4, -0.2) is 12.6 Å². The normalized spacial score (nSPS) is 17.1. The number of aryl methyl sites for hydroxylation is 1. The molecule has 0 aromatic heterocycles. The first-order valence-electron chi connectivity index (χ1n) is 6.33. The van der Waals surface area contributed by atoms with Crippen molar-refractivity contribution in [3.63, 3.8) is 0 Å². The molecule has 0 radical (unpaired) electrons. The Morgan fingerprint density at radius 2 is 2.24 bits per heavy atom. The Balaban J connectivity index is 1.77. The lowest BCUT2D eigenvalue weighted by Gasteiger charge is -2.13. The van der Waals surface area contributed by atoms with Gasteiger partial charge in [0.2, 0.25) is 0 Å². The average Bonchev–Trinajstić information content (AvgIpc) is 3.12. The number of hydrogen-bond acceptors (Lipinski definition) is 1. The van der Waals surface area contributed by atoms with Crippen molar-refractivity contribution >= 4 is 15.9 Å². The van der Waals surface area contributed by atoms with Crippen LogP contribution in [-0.2, 0) is 6.42 Å². The van der Waals surface area contributed by atoms with Crippen molar-refractivity contribution in [2.24, 2.45) is 5.92 Å². The Morgan fingerprint density at radius 1 is 1.47 bits per heavy atom. The first-order valence-corrected chi connectivity index (χ1v) is 7.12. The molecule has 1 aromatic rings. The number of hydrogen-bond donors (Lipinski definition) is 1. The Labute approximate surface area is 111 Å². The molecule has 0 aliphatic heterocycles. The van der Waals surface area contributed by atoms with Crippen LogP contribution in [0.4, 0.5) is 4.39 Å². The molecule has 1 N–H and O–H groups in total. The lowest BCUT2D eigenvalue weighted by Crippen LogP contribution is -2.23. The minimum atomic E-state index is -0.161. The fourth-order valence-corrected chi connectivity index (χ4v) is 2.36. The molecular formula is C14H19BrFN. The molecule has 1 fully saturated rings. The van der Waals surface area contributed by atoms with E-state index in [1.54, 1.807) is 6.07 Å². The molecule has 17 heavy (non-hydrogen) atoms. The monoisotopic (exact) mass is 299 g/mol. The molecule has 1 aromatic carbocycles. The Kier molecular flexibility index (Phi) is 4.57. The second-order valence-electron chi connectivity index (χ2n) is 5.04. The first kappa shape index (κ1) is 13.0. The van der Waals surface area contributed by atoms with Crippen LogP contribution >= 0.6 is 15.9 Å². The first-order chi connectivity index (χ1) is 8.16. The van der Waals surface area contributed by atoms with Gasteiger partial charge < -0.3 is 5.32 Å². The van der Waals surface area contributed by atoms with Gasteiger partial charge in [-0.2, -0.15) is 0 Å². The molecule has 0 saturated heterocycles. The van der Waals surface area contributed by atoms with Crippen LogP contribution in [0.2, 0.25) is 0 Å². The van der Waals surface area contributed by atoms with Crippen molar-refractivity contribution in [2.45, 2.75) is 38.6 Å². The van der Waals surface area contributed by atoms with Crippen LogP contribution in [0.1, 0.15) is 31.7 Å². The molecule has 94 valence electrons. The maximum atomic E-state index is 13.3. The van der Waals surface area contributed by atoms with Crippen molar-refractivity contribution in [1.82, 2.24) is 5.32 Å². The fourth-order valence-electron chi connectivity index (χ4n) is 1.90. The fraction of sp³-hybridized carbons (Fsp3) is 0.571. The summed E-state index contributed by atoms with van der Waals surface area (Å²) >= 11 is 3.31. The minimum absolute atomic E-state index is 0.161. The number of nitrogens with one attached hydrogen (secondary N) is 1. The van der Waals surface area contributed by atoms with Gasteiger partial charge in [-0.1, -0.05) is 19.1 Å². The standard InChI is InChI=1S/C14H19BrFN/c1-10(9-17-12-7-8-12)5-6-11-3-2-4-13(16)14(11)15/h2-4,10,12,17H,5-9H2,1H3. The van der Waals surface area contributed by atoms with Crippen molar-refractivity contribution < 1.29 is 4.39 Å². The molecular weight excluding hydrogens is 281 g/mol. The lowest BCUT2D eigenvalue weighted by molar-refractivity contribution is 0.478.